The summed E-state index contributed by atoms with van der Waals surface area (Å²) in [4.78, 5) is 24.3. The maximum Gasteiger partial charge on any atom is 0.323 e. The number of hydrogen-bond acceptors (Lipinski definition) is 8. The minimum atomic E-state index is -0.305. The van der Waals surface area contributed by atoms with Crippen molar-refractivity contribution in [2.45, 2.75) is 25.9 Å². The minimum absolute atomic E-state index is 0.236. The molecule has 0 saturated carbocycles. The number of cyclic esters (lactones) is 1. The summed E-state index contributed by atoms with van der Waals surface area (Å²) in [5.41, 5.74) is 2.70. The Bertz CT molecular complexity index is 923. The Labute approximate surface area is 149 Å². The van der Waals surface area contributed by atoms with Gasteiger partial charge in [0.15, 0.2) is 0 Å². The average molecular weight is 351 g/mol. The summed E-state index contributed by atoms with van der Waals surface area (Å²) in [6, 6.07) is 9.32. The third-order valence-electron chi connectivity index (χ3n) is 4.12. The molecule has 1 N–H and O–H groups in total. The molecule has 2 aromatic heterocycles. The van der Waals surface area contributed by atoms with E-state index in [2.05, 4.69) is 25.4 Å². The van der Waals surface area contributed by atoms with E-state index in [0.29, 0.717) is 31.3 Å². The van der Waals surface area contributed by atoms with Gasteiger partial charge in [-0.3, -0.25) is 10.1 Å². The molecule has 1 fully saturated rings. The molecule has 0 unspecified atom stereocenters. The fraction of sp³-hybridized carbons (Fsp3) is 0.278. The molecular formula is C18H17N5O3. The summed E-state index contributed by atoms with van der Waals surface area (Å²) in [5.74, 6) is 1.42. The third-order valence-corrected chi connectivity index (χ3v) is 4.12. The van der Waals surface area contributed by atoms with E-state index >= 15 is 0 Å². The lowest BCUT2D eigenvalue weighted by molar-refractivity contribution is -0.139. The Morgan fingerprint density at radius 3 is 2.69 bits per heavy atom. The minimum Gasteiger partial charge on any atom is -0.464 e. The van der Waals surface area contributed by atoms with E-state index in [1.807, 2.05) is 37.3 Å². The first kappa shape index (κ1) is 16.3. The number of nitrogens with zero attached hydrogens (tertiary/aromatic N) is 4. The van der Waals surface area contributed by atoms with Crippen molar-refractivity contribution >= 4 is 5.97 Å². The van der Waals surface area contributed by atoms with Gasteiger partial charge in [0.05, 0.1) is 18.8 Å². The van der Waals surface area contributed by atoms with Crippen LogP contribution < -0.4 is 5.32 Å². The molecular weight excluding hydrogens is 334 g/mol. The molecule has 8 heteroatoms. The predicted octanol–water partition coefficient (Wildman–Crippen LogP) is 1.91. The van der Waals surface area contributed by atoms with Crippen LogP contribution in [0.25, 0.3) is 22.6 Å². The molecule has 3 heterocycles. The molecule has 0 amide bonds. The number of hydrogen-bond donors (Lipinski definition) is 1. The molecule has 4 rings (SSSR count). The van der Waals surface area contributed by atoms with E-state index in [-0.39, 0.29) is 12.0 Å². The zero-order valence-corrected chi connectivity index (χ0v) is 14.2. The fourth-order valence-corrected chi connectivity index (χ4v) is 2.74. The Kier molecular flexibility index (Phi) is 4.40. The second-order valence-corrected chi connectivity index (χ2v) is 5.97. The summed E-state index contributed by atoms with van der Waals surface area (Å²) in [6.45, 7) is 2.63. The van der Waals surface area contributed by atoms with Crippen LogP contribution >= 0.6 is 0 Å². The molecule has 1 aliphatic heterocycles. The van der Waals surface area contributed by atoms with Gasteiger partial charge in [-0.25, -0.2) is 9.97 Å². The van der Waals surface area contributed by atoms with Gasteiger partial charge < -0.3 is 9.26 Å². The van der Waals surface area contributed by atoms with Crippen molar-refractivity contribution in [2.24, 2.45) is 0 Å². The highest BCUT2D eigenvalue weighted by Gasteiger charge is 2.26. The van der Waals surface area contributed by atoms with Crippen molar-refractivity contribution in [1.82, 2.24) is 25.4 Å². The molecule has 1 saturated heterocycles. The van der Waals surface area contributed by atoms with Crippen LogP contribution in [0.1, 0.15) is 18.1 Å². The number of esters is 1. The first-order valence-electron chi connectivity index (χ1n) is 8.32. The van der Waals surface area contributed by atoms with Gasteiger partial charge >= 0.3 is 5.97 Å². The first-order valence-corrected chi connectivity index (χ1v) is 8.32. The third kappa shape index (κ3) is 3.45. The van der Waals surface area contributed by atoms with Gasteiger partial charge in [0.25, 0.3) is 0 Å². The number of carbonyl (C=O) groups excluding carboxylic acids is 1. The van der Waals surface area contributed by atoms with Crippen LogP contribution in [0.15, 0.2) is 41.1 Å². The maximum absolute atomic E-state index is 11.4. The van der Waals surface area contributed by atoms with Crippen molar-refractivity contribution < 1.29 is 14.1 Å². The molecule has 8 nitrogen and oxygen atoms in total. The van der Waals surface area contributed by atoms with Crippen LogP contribution in [-0.4, -0.2) is 38.7 Å². The molecule has 0 bridgehead atoms. The number of rotatable bonds is 5. The van der Waals surface area contributed by atoms with Crippen LogP contribution in [0.3, 0.4) is 0 Å². The largest absolute Gasteiger partial charge is 0.464 e. The predicted molar refractivity (Wildman–Crippen MR) is 91.7 cm³/mol. The summed E-state index contributed by atoms with van der Waals surface area (Å²) in [5, 5.41) is 7.06. The number of nitrogens with one attached hydrogen (secondary N) is 1. The van der Waals surface area contributed by atoms with Crippen LogP contribution in [0.2, 0.25) is 0 Å². The monoisotopic (exact) mass is 351 g/mol. The molecule has 1 aliphatic rings. The number of ether oxygens (including phenoxy) is 1. The van der Waals surface area contributed by atoms with Gasteiger partial charge in [-0.2, -0.15) is 4.98 Å². The molecule has 0 radical (unpaired) electrons. The van der Waals surface area contributed by atoms with Gasteiger partial charge in [-0.1, -0.05) is 29.4 Å². The van der Waals surface area contributed by atoms with Crippen LogP contribution in [-0.2, 0) is 16.1 Å². The summed E-state index contributed by atoms with van der Waals surface area (Å²) in [7, 11) is 0. The molecule has 1 aromatic carbocycles. The molecule has 0 spiro atoms. The average Bonchev–Trinajstić information content (AvgIpc) is 3.29. The zero-order chi connectivity index (χ0) is 17.9. The zero-order valence-electron chi connectivity index (χ0n) is 14.2. The molecule has 26 heavy (non-hydrogen) atoms. The van der Waals surface area contributed by atoms with E-state index in [1.54, 1.807) is 6.20 Å². The molecule has 0 aliphatic carbocycles. The summed E-state index contributed by atoms with van der Waals surface area (Å²) in [6.07, 6.45) is 2.40. The van der Waals surface area contributed by atoms with E-state index < -0.39 is 0 Å². The number of aryl methyl sites for hydroxylation is 1. The van der Waals surface area contributed by atoms with E-state index in [0.717, 1.165) is 22.6 Å². The van der Waals surface area contributed by atoms with E-state index in [1.165, 1.54) is 0 Å². The quantitative estimate of drug-likeness (QED) is 0.695. The van der Waals surface area contributed by atoms with Crippen LogP contribution in [0.5, 0.6) is 0 Å². The standard InChI is InChI=1S/C18H17N5O3/c1-11-19-8-6-14(21-11)12-2-4-13(5-3-12)17-22-16(26-23-17)10-20-15-7-9-25-18(15)24/h2-6,8,15,20H,7,9-10H2,1H3/t15-/m0/s1. The Hall–Kier alpha value is -3.13. The van der Waals surface area contributed by atoms with Crippen molar-refractivity contribution in [2.75, 3.05) is 6.61 Å². The fourth-order valence-electron chi connectivity index (χ4n) is 2.74. The number of aromatic nitrogens is 4. The van der Waals surface area contributed by atoms with Gasteiger partial charge in [0.1, 0.15) is 11.9 Å². The van der Waals surface area contributed by atoms with Gasteiger partial charge in [-0.05, 0) is 13.0 Å². The highest BCUT2D eigenvalue weighted by atomic mass is 16.5. The lowest BCUT2D eigenvalue weighted by Crippen LogP contribution is -2.32. The van der Waals surface area contributed by atoms with Gasteiger partial charge in [0, 0.05) is 23.7 Å². The maximum atomic E-state index is 11.4. The second-order valence-electron chi connectivity index (χ2n) is 5.97. The normalized spacial score (nSPS) is 16.7. The Morgan fingerprint density at radius 1 is 1.15 bits per heavy atom. The van der Waals surface area contributed by atoms with Crippen molar-refractivity contribution in [1.29, 1.82) is 0 Å². The lowest BCUT2D eigenvalue weighted by atomic mass is 10.1. The van der Waals surface area contributed by atoms with Crippen molar-refractivity contribution in [3.8, 4) is 22.6 Å². The van der Waals surface area contributed by atoms with Gasteiger partial charge in [-0.15, -0.1) is 0 Å². The van der Waals surface area contributed by atoms with E-state index in [4.69, 9.17) is 9.26 Å². The number of carbonyl (C=O) groups is 1. The summed E-state index contributed by atoms with van der Waals surface area (Å²) < 4.78 is 10.2. The van der Waals surface area contributed by atoms with Crippen LogP contribution in [0.4, 0.5) is 0 Å². The van der Waals surface area contributed by atoms with Crippen molar-refractivity contribution in [3.05, 3.63) is 48.2 Å². The molecule has 1 atom stereocenters. The lowest BCUT2D eigenvalue weighted by Gasteiger charge is -2.04. The second kappa shape index (κ2) is 7.01. The molecule has 3 aromatic rings. The summed E-state index contributed by atoms with van der Waals surface area (Å²) >= 11 is 0. The first-order chi connectivity index (χ1) is 12.7. The Balaban J connectivity index is 1.44. The Morgan fingerprint density at radius 2 is 1.96 bits per heavy atom. The highest BCUT2D eigenvalue weighted by Crippen LogP contribution is 2.22. The SMILES string of the molecule is Cc1nccc(-c2ccc(-c3noc(CN[C@H]4CCOC4=O)n3)cc2)n1. The van der Waals surface area contributed by atoms with Crippen LogP contribution in [0, 0.1) is 6.92 Å². The van der Waals surface area contributed by atoms with Crippen molar-refractivity contribution in [3.63, 3.8) is 0 Å². The van der Waals surface area contributed by atoms with Gasteiger partial charge in [0.2, 0.25) is 11.7 Å². The highest BCUT2D eigenvalue weighted by molar-refractivity contribution is 5.77. The molecule has 132 valence electrons. The van der Waals surface area contributed by atoms with E-state index in [9.17, 15) is 4.79 Å². The smallest absolute Gasteiger partial charge is 0.323 e. The number of benzene rings is 1. The topological polar surface area (TPSA) is 103 Å².